The Labute approximate surface area is 135 Å². The number of hydrogen-bond donors (Lipinski definition) is 0. The minimum absolute atomic E-state index is 0.0680. The van der Waals surface area contributed by atoms with Crippen LogP contribution in [-0.2, 0) is 0 Å². The van der Waals surface area contributed by atoms with Gasteiger partial charge in [0.1, 0.15) is 6.33 Å². The Kier molecular flexibility index (Phi) is 5.79. The van der Waals surface area contributed by atoms with Crippen molar-refractivity contribution in [2.75, 3.05) is 28.6 Å². The Balaban J connectivity index is 2.14. The highest BCUT2D eigenvalue weighted by Gasteiger charge is 2.09. The SMILES string of the molecule is O=C(c1ccc(N(CCBr)CCBr)cc1)n1ccnc1. The van der Waals surface area contributed by atoms with E-state index in [0.29, 0.717) is 5.56 Å². The first-order valence-electron chi connectivity index (χ1n) is 6.26. The summed E-state index contributed by atoms with van der Waals surface area (Å²) in [4.78, 5) is 18.3. The van der Waals surface area contributed by atoms with E-state index in [2.05, 4.69) is 41.7 Å². The number of halogens is 2. The Morgan fingerprint density at radius 1 is 1.15 bits per heavy atom. The number of carbonyl (C=O) groups excluding carboxylic acids is 1. The zero-order chi connectivity index (χ0) is 14.4. The zero-order valence-electron chi connectivity index (χ0n) is 10.9. The summed E-state index contributed by atoms with van der Waals surface area (Å²) in [6, 6.07) is 7.67. The third kappa shape index (κ3) is 3.70. The maximum absolute atomic E-state index is 12.1. The summed E-state index contributed by atoms with van der Waals surface area (Å²) in [5.74, 6) is -0.0680. The summed E-state index contributed by atoms with van der Waals surface area (Å²) in [6.45, 7) is 1.86. The van der Waals surface area contributed by atoms with Crippen LogP contribution < -0.4 is 4.90 Å². The molecule has 0 radical (unpaired) electrons. The largest absolute Gasteiger partial charge is 0.370 e. The van der Waals surface area contributed by atoms with E-state index in [4.69, 9.17) is 0 Å². The van der Waals surface area contributed by atoms with Gasteiger partial charge >= 0.3 is 0 Å². The summed E-state index contributed by atoms with van der Waals surface area (Å²) in [7, 11) is 0. The van der Waals surface area contributed by atoms with Gasteiger partial charge in [-0.2, -0.15) is 0 Å². The monoisotopic (exact) mass is 399 g/mol. The molecule has 0 aliphatic heterocycles. The molecule has 1 heterocycles. The lowest BCUT2D eigenvalue weighted by Gasteiger charge is -2.23. The molecular formula is C14H15Br2N3O. The first-order valence-corrected chi connectivity index (χ1v) is 8.50. The summed E-state index contributed by atoms with van der Waals surface area (Å²) in [5, 5.41) is 1.82. The van der Waals surface area contributed by atoms with Gasteiger partial charge in [-0.25, -0.2) is 4.98 Å². The molecule has 0 fully saturated rings. The van der Waals surface area contributed by atoms with E-state index in [1.807, 2.05) is 24.3 Å². The van der Waals surface area contributed by atoms with E-state index in [9.17, 15) is 4.79 Å². The number of nitrogens with zero attached hydrogens (tertiary/aromatic N) is 3. The van der Waals surface area contributed by atoms with Crippen molar-refractivity contribution in [3.05, 3.63) is 48.5 Å². The molecule has 0 N–H and O–H groups in total. The Bertz CT molecular complexity index is 534. The summed E-state index contributed by atoms with van der Waals surface area (Å²) in [5.41, 5.74) is 1.77. The van der Waals surface area contributed by atoms with E-state index in [0.717, 1.165) is 29.4 Å². The summed E-state index contributed by atoms with van der Waals surface area (Å²) < 4.78 is 1.48. The molecule has 0 spiro atoms. The molecule has 20 heavy (non-hydrogen) atoms. The van der Waals surface area contributed by atoms with Gasteiger partial charge in [-0.15, -0.1) is 0 Å². The predicted octanol–water partition coefficient (Wildman–Crippen LogP) is 3.17. The number of alkyl halides is 2. The Hall–Kier alpha value is -1.14. The predicted molar refractivity (Wildman–Crippen MR) is 88.2 cm³/mol. The van der Waals surface area contributed by atoms with Crippen molar-refractivity contribution in [3.63, 3.8) is 0 Å². The maximum atomic E-state index is 12.1. The second kappa shape index (κ2) is 7.59. The van der Waals surface area contributed by atoms with Gasteiger partial charge in [0.15, 0.2) is 0 Å². The number of benzene rings is 1. The molecule has 0 atom stereocenters. The average Bonchev–Trinajstić information content (AvgIpc) is 3.01. The highest BCUT2D eigenvalue weighted by molar-refractivity contribution is 9.09. The number of imidazole rings is 1. The molecule has 0 saturated carbocycles. The van der Waals surface area contributed by atoms with Crippen LogP contribution >= 0.6 is 31.9 Å². The van der Waals surface area contributed by atoms with Gasteiger partial charge in [-0.05, 0) is 24.3 Å². The minimum atomic E-state index is -0.0680. The molecule has 2 aromatic rings. The molecule has 2 rings (SSSR count). The average molecular weight is 401 g/mol. The van der Waals surface area contributed by atoms with Crippen LogP contribution in [0, 0.1) is 0 Å². The highest BCUT2D eigenvalue weighted by Crippen LogP contribution is 2.16. The third-order valence-electron chi connectivity index (χ3n) is 2.93. The molecule has 0 amide bonds. The van der Waals surface area contributed by atoms with Crippen LogP contribution in [0.2, 0.25) is 0 Å². The van der Waals surface area contributed by atoms with Crippen molar-refractivity contribution in [1.82, 2.24) is 9.55 Å². The van der Waals surface area contributed by atoms with E-state index in [1.54, 1.807) is 12.4 Å². The van der Waals surface area contributed by atoms with Gasteiger partial charge in [0, 0.05) is 47.4 Å². The fourth-order valence-electron chi connectivity index (χ4n) is 1.92. The van der Waals surface area contributed by atoms with Crippen LogP contribution in [0.4, 0.5) is 5.69 Å². The maximum Gasteiger partial charge on any atom is 0.263 e. The van der Waals surface area contributed by atoms with Gasteiger partial charge in [-0.1, -0.05) is 31.9 Å². The van der Waals surface area contributed by atoms with Crippen LogP contribution in [0.5, 0.6) is 0 Å². The van der Waals surface area contributed by atoms with Crippen molar-refractivity contribution >= 4 is 43.5 Å². The fraction of sp³-hybridized carbons (Fsp3) is 0.286. The van der Waals surface area contributed by atoms with Gasteiger partial charge in [-0.3, -0.25) is 9.36 Å². The molecule has 0 saturated heterocycles. The number of anilines is 1. The molecular weight excluding hydrogens is 386 g/mol. The number of hydrogen-bond acceptors (Lipinski definition) is 3. The lowest BCUT2D eigenvalue weighted by molar-refractivity contribution is 0.0960. The van der Waals surface area contributed by atoms with E-state index >= 15 is 0 Å². The zero-order valence-corrected chi connectivity index (χ0v) is 14.0. The van der Waals surface area contributed by atoms with Gasteiger partial charge in [0.2, 0.25) is 0 Å². The molecule has 1 aromatic carbocycles. The third-order valence-corrected chi connectivity index (χ3v) is 3.64. The number of aromatic nitrogens is 2. The lowest BCUT2D eigenvalue weighted by Crippen LogP contribution is -2.27. The van der Waals surface area contributed by atoms with Gasteiger partial charge < -0.3 is 4.90 Å². The standard InChI is InChI=1S/C14H15Br2N3O/c15-5-8-18(9-6-16)13-3-1-12(2-4-13)14(20)19-10-7-17-11-19/h1-4,7,10-11H,5-6,8-9H2. The van der Waals surface area contributed by atoms with Crippen molar-refractivity contribution < 1.29 is 4.79 Å². The summed E-state index contributed by atoms with van der Waals surface area (Å²) >= 11 is 6.92. The smallest absolute Gasteiger partial charge is 0.263 e. The molecule has 1 aromatic heterocycles. The minimum Gasteiger partial charge on any atom is -0.370 e. The second-order valence-electron chi connectivity index (χ2n) is 4.19. The molecule has 0 bridgehead atoms. The van der Waals surface area contributed by atoms with E-state index < -0.39 is 0 Å². The van der Waals surface area contributed by atoms with Gasteiger partial charge in [0.05, 0.1) is 0 Å². The second-order valence-corrected chi connectivity index (χ2v) is 5.77. The van der Waals surface area contributed by atoms with Crippen LogP contribution in [-0.4, -0.2) is 39.2 Å². The lowest BCUT2D eigenvalue weighted by atomic mass is 10.2. The van der Waals surface area contributed by atoms with Crippen molar-refractivity contribution in [2.24, 2.45) is 0 Å². The van der Waals surface area contributed by atoms with Crippen LogP contribution in [0.25, 0.3) is 0 Å². The number of rotatable bonds is 6. The first kappa shape index (κ1) is 15.3. The first-order chi connectivity index (χ1) is 9.76. The van der Waals surface area contributed by atoms with Crippen LogP contribution in [0.1, 0.15) is 10.4 Å². The van der Waals surface area contributed by atoms with Crippen molar-refractivity contribution in [1.29, 1.82) is 0 Å². The number of carbonyl (C=O) groups is 1. The van der Waals surface area contributed by atoms with Crippen LogP contribution in [0.3, 0.4) is 0 Å². The fourth-order valence-corrected chi connectivity index (χ4v) is 2.77. The molecule has 6 heteroatoms. The molecule has 0 unspecified atom stereocenters. The quantitative estimate of drug-likeness (QED) is 0.699. The Morgan fingerprint density at radius 3 is 2.30 bits per heavy atom. The molecule has 106 valence electrons. The van der Waals surface area contributed by atoms with Crippen molar-refractivity contribution in [2.45, 2.75) is 0 Å². The Morgan fingerprint density at radius 2 is 1.80 bits per heavy atom. The molecule has 4 nitrogen and oxygen atoms in total. The van der Waals surface area contributed by atoms with Crippen LogP contribution in [0.15, 0.2) is 43.0 Å². The topological polar surface area (TPSA) is 38.1 Å². The van der Waals surface area contributed by atoms with E-state index in [1.165, 1.54) is 10.9 Å². The normalized spacial score (nSPS) is 10.5. The highest BCUT2D eigenvalue weighted by atomic mass is 79.9. The molecule has 0 aliphatic carbocycles. The van der Waals surface area contributed by atoms with Gasteiger partial charge in [0.25, 0.3) is 5.91 Å². The summed E-state index contributed by atoms with van der Waals surface area (Å²) in [6.07, 6.45) is 4.76. The van der Waals surface area contributed by atoms with E-state index in [-0.39, 0.29) is 5.91 Å². The van der Waals surface area contributed by atoms with Crippen molar-refractivity contribution in [3.8, 4) is 0 Å². The molecule has 0 aliphatic rings.